The molecular weight excluding hydrogens is 312 g/mol. The first-order valence-electron chi connectivity index (χ1n) is 6.11. The molecule has 0 amide bonds. The fraction of sp³-hybridized carbons (Fsp3) is 0.308. The molecule has 3 heterocycles. The Hall–Kier alpha value is -1.18. The predicted molar refractivity (Wildman–Crippen MR) is 84.0 cm³/mol. The van der Waals surface area contributed by atoms with Crippen LogP contribution in [0.4, 0.5) is 0 Å². The normalized spacial score (nSPS) is 19.4. The Morgan fingerprint density at radius 2 is 2.10 bits per heavy atom. The average molecular weight is 326 g/mol. The van der Waals surface area contributed by atoms with Gasteiger partial charge in [0.05, 0.1) is 16.8 Å². The van der Waals surface area contributed by atoms with Gasteiger partial charge < -0.3 is 0 Å². The van der Waals surface area contributed by atoms with Crippen molar-refractivity contribution in [2.24, 2.45) is 5.10 Å². The number of thiophene rings is 2. The second-order valence-electron chi connectivity index (χ2n) is 4.75. The number of nitrogens with zero attached hydrogens (tertiary/aromatic N) is 2. The molecule has 0 fully saturated rings. The first-order chi connectivity index (χ1) is 9.47. The summed E-state index contributed by atoms with van der Waals surface area (Å²) >= 11 is 3.18. The Bertz CT molecular complexity index is 744. The van der Waals surface area contributed by atoms with E-state index < -0.39 is 10.0 Å². The molecule has 1 unspecified atom stereocenters. The van der Waals surface area contributed by atoms with Gasteiger partial charge in [-0.3, -0.25) is 0 Å². The van der Waals surface area contributed by atoms with E-state index in [2.05, 4.69) is 5.10 Å². The largest absolute Gasteiger partial charge is 0.247 e. The number of rotatable bonds is 3. The van der Waals surface area contributed by atoms with Gasteiger partial charge in [-0.15, -0.1) is 22.7 Å². The third-order valence-electron chi connectivity index (χ3n) is 3.22. The van der Waals surface area contributed by atoms with Crippen LogP contribution in [0.1, 0.15) is 27.8 Å². The van der Waals surface area contributed by atoms with E-state index in [1.165, 1.54) is 10.7 Å². The van der Waals surface area contributed by atoms with Crippen molar-refractivity contribution in [3.63, 3.8) is 0 Å². The zero-order chi connectivity index (χ0) is 14.3. The van der Waals surface area contributed by atoms with Crippen LogP contribution in [-0.4, -0.2) is 24.8 Å². The van der Waals surface area contributed by atoms with Gasteiger partial charge in [0.2, 0.25) is 10.0 Å². The second kappa shape index (κ2) is 4.98. The van der Waals surface area contributed by atoms with Crippen LogP contribution in [0.5, 0.6) is 0 Å². The molecule has 0 saturated heterocycles. The van der Waals surface area contributed by atoms with Gasteiger partial charge in [0, 0.05) is 11.3 Å². The molecule has 4 nitrogen and oxygen atoms in total. The Morgan fingerprint density at radius 3 is 2.65 bits per heavy atom. The highest BCUT2D eigenvalue weighted by Crippen LogP contribution is 2.38. The smallest absolute Gasteiger partial charge is 0.205 e. The summed E-state index contributed by atoms with van der Waals surface area (Å²) in [5.74, 6) is 0. The van der Waals surface area contributed by atoms with Gasteiger partial charge >= 0.3 is 0 Å². The lowest BCUT2D eigenvalue weighted by Gasteiger charge is -2.20. The Balaban J connectivity index is 2.03. The molecule has 20 heavy (non-hydrogen) atoms. The number of hydrazone groups is 1. The molecule has 0 aromatic carbocycles. The maximum Gasteiger partial charge on any atom is 0.247 e. The van der Waals surface area contributed by atoms with Crippen LogP contribution in [0.2, 0.25) is 0 Å². The molecule has 0 radical (unpaired) electrons. The molecule has 0 saturated carbocycles. The van der Waals surface area contributed by atoms with Crippen molar-refractivity contribution in [2.45, 2.75) is 19.4 Å². The summed E-state index contributed by atoms with van der Waals surface area (Å²) in [5, 5.41) is 8.33. The van der Waals surface area contributed by atoms with Gasteiger partial charge in [0.25, 0.3) is 0 Å². The third-order valence-corrected chi connectivity index (χ3v) is 6.28. The van der Waals surface area contributed by atoms with E-state index in [-0.39, 0.29) is 6.04 Å². The summed E-state index contributed by atoms with van der Waals surface area (Å²) in [5.41, 5.74) is 1.97. The topological polar surface area (TPSA) is 49.7 Å². The highest BCUT2D eigenvalue weighted by molar-refractivity contribution is 7.88. The summed E-state index contributed by atoms with van der Waals surface area (Å²) in [6, 6.07) is 5.75. The minimum absolute atomic E-state index is 0.206. The van der Waals surface area contributed by atoms with Gasteiger partial charge in [-0.1, -0.05) is 6.07 Å². The molecule has 2 aromatic heterocycles. The predicted octanol–water partition coefficient (Wildman–Crippen LogP) is 3.23. The minimum atomic E-state index is -3.36. The van der Waals surface area contributed by atoms with Crippen molar-refractivity contribution in [1.29, 1.82) is 0 Å². The minimum Gasteiger partial charge on any atom is -0.205 e. The highest BCUT2D eigenvalue weighted by Gasteiger charge is 2.36. The fourth-order valence-corrected chi connectivity index (χ4v) is 5.00. The lowest BCUT2D eigenvalue weighted by atomic mass is 10.1. The van der Waals surface area contributed by atoms with E-state index in [0.717, 1.165) is 21.0 Å². The van der Waals surface area contributed by atoms with Crippen LogP contribution in [0.25, 0.3) is 0 Å². The van der Waals surface area contributed by atoms with Crippen LogP contribution in [-0.2, 0) is 10.0 Å². The van der Waals surface area contributed by atoms with Gasteiger partial charge in [-0.25, -0.2) is 8.42 Å². The summed E-state index contributed by atoms with van der Waals surface area (Å²) in [6.07, 6.45) is 1.85. The van der Waals surface area contributed by atoms with Crippen LogP contribution < -0.4 is 0 Å². The van der Waals surface area contributed by atoms with Crippen molar-refractivity contribution in [2.75, 3.05) is 6.26 Å². The van der Waals surface area contributed by atoms with Crippen molar-refractivity contribution in [3.8, 4) is 0 Å². The highest BCUT2D eigenvalue weighted by atomic mass is 32.2. The molecule has 0 N–H and O–H groups in total. The standard InChI is InChI=1S/C13H14N2O2S3/c1-9-5-7-19-13(9)11-8-10(12-4-3-6-18-12)14-15(11)20(2,16)17/h3-7,11H,8H2,1-2H3. The van der Waals surface area contributed by atoms with E-state index in [9.17, 15) is 8.42 Å². The van der Waals surface area contributed by atoms with Gasteiger partial charge in [-0.05, 0) is 35.4 Å². The summed E-state index contributed by atoms with van der Waals surface area (Å²) < 4.78 is 25.2. The lowest BCUT2D eigenvalue weighted by Crippen LogP contribution is -2.25. The van der Waals surface area contributed by atoms with Crippen LogP contribution in [0.3, 0.4) is 0 Å². The van der Waals surface area contributed by atoms with E-state index in [4.69, 9.17) is 0 Å². The molecule has 1 aliphatic rings. The van der Waals surface area contributed by atoms with Gasteiger partial charge in [-0.2, -0.15) is 9.52 Å². The number of hydrogen-bond donors (Lipinski definition) is 0. The maximum atomic E-state index is 12.0. The van der Waals surface area contributed by atoms with Gasteiger partial charge in [0.15, 0.2) is 0 Å². The molecule has 0 spiro atoms. The zero-order valence-electron chi connectivity index (χ0n) is 11.1. The summed E-state index contributed by atoms with van der Waals surface area (Å²) in [7, 11) is -3.36. The molecule has 3 rings (SSSR count). The Kier molecular flexibility index (Phi) is 3.43. The molecule has 0 aliphatic carbocycles. The Labute approximate surface area is 126 Å². The van der Waals surface area contributed by atoms with Crippen molar-refractivity contribution >= 4 is 38.4 Å². The summed E-state index contributed by atoms with van der Waals surface area (Å²) in [6.45, 7) is 2.01. The monoisotopic (exact) mass is 326 g/mol. The van der Waals surface area contributed by atoms with Crippen molar-refractivity contribution in [1.82, 2.24) is 4.41 Å². The zero-order valence-corrected chi connectivity index (χ0v) is 13.6. The number of sulfonamides is 1. The quantitative estimate of drug-likeness (QED) is 0.869. The van der Waals surface area contributed by atoms with Crippen LogP contribution in [0.15, 0.2) is 34.1 Å². The molecule has 1 aliphatic heterocycles. The van der Waals surface area contributed by atoms with Gasteiger partial charge in [0.1, 0.15) is 6.04 Å². The summed E-state index contributed by atoms with van der Waals surface area (Å²) in [4.78, 5) is 2.11. The first-order valence-corrected chi connectivity index (χ1v) is 9.72. The van der Waals surface area contributed by atoms with E-state index in [1.807, 2.05) is 35.9 Å². The molecule has 2 aromatic rings. The lowest BCUT2D eigenvalue weighted by molar-refractivity contribution is 0.378. The number of hydrogen-bond acceptors (Lipinski definition) is 5. The van der Waals surface area contributed by atoms with E-state index in [0.29, 0.717) is 6.42 Å². The molecule has 0 bridgehead atoms. The van der Waals surface area contributed by atoms with E-state index in [1.54, 1.807) is 22.7 Å². The third kappa shape index (κ3) is 2.41. The first kappa shape index (κ1) is 13.8. The van der Waals surface area contributed by atoms with Crippen LogP contribution >= 0.6 is 22.7 Å². The SMILES string of the molecule is Cc1ccsc1C1CC(c2cccs2)=NN1S(C)(=O)=O. The van der Waals surface area contributed by atoms with Crippen molar-refractivity contribution < 1.29 is 8.42 Å². The second-order valence-corrected chi connectivity index (χ2v) is 8.48. The molecular formula is C13H14N2O2S3. The molecule has 1 atom stereocenters. The average Bonchev–Trinajstić information content (AvgIpc) is 3.05. The maximum absolute atomic E-state index is 12.0. The van der Waals surface area contributed by atoms with Crippen LogP contribution in [0, 0.1) is 6.92 Å². The number of aryl methyl sites for hydroxylation is 1. The van der Waals surface area contributed by atoms with Crippen molar-refractivity contribution in [3.05, 3.63) is 44.3 Å². The van der Waals surface area contributed by atoms with E-state index >= 15 is 0 Å². The molecule has 106 valence electrons. The Morgan fingerprint density at radius 1 is 1.30 bits per heavy atom. The molecule has 7 heteroatoms. The fourth-order valence-electron chi connectivity index (χ4n) is 2.31.